The Bertz CT molecular complexity index is 680. The molecule has 18 heavy (non-hydrogen) atoms. The molecule has 0 saturated carbocycles. The van der Waals surface area contributed by atoms with Crippen LogP contribution in [0.25, 0.3) is 22.3 Å². The number of imidazole rings is 1. The minimum atomic E-state index is 0.623. The summed E-state index contributed by atoms with van der Waals surface area (Å²) in [7, 11) is 0. The van der Waals surface area contributed by atoms with Gasteiger partial charge in [0.1, 0.15) is 5.82 Å². The Hall–Kier alpha value is -2.14. The van der Waals surface area contributed by atoms with Crippen molar-refractivity contribution in [2.24, 2.45) is 5.73 Å². The molecule has 0 saturated heterocycles. The lowest BCUT2D eigenvalue weighted by atomic mass is 10.1. The fourth-order valence-corrected chi connectivity index (χ4v) is 2.20. The number of nitrogens with one attached hydrogen (secondary N) is 2. The van der Waals surface area contributed by atoms with Crippen molar-refractivity contribution in [2.45, 2.75) is 13.3 Å². The normalized spacial score (nSPS) is 11.2. The van der Waals surface area contributed by atoms with Crippen LogP contribution in [-0.4, -0.2) is 26.7 Å². The predicted molar refractivity (Wildman–Crippen MR) is 71.2 cm³/mol. The summed E-state index contributed by atoms with van der Waals surface area (Å²) < 4.78 is 0. The Labute approximate surface area is 104 Å². The van der Waals surface area contributed by atoms with E-state index in [2.05, 4.69) is 32.3 Å². The summed E-state index contributed by atoms with van der Waals surface area (Å²) in [5.74, 6) is 0.925. The fraction of sp³-hybridized carbons (Fsp3) is 0.231. The van der Waals surface area contributed by atoms with Crippen LogP contribution in [0, 0.1) is 6.92 Å². The van der Waals surface area contributed by atoms with Crippen LogP contribution < -0.4 is 5.73 Å². The highest BCUT2D eigenvalue weighted by Gasteiger charge is 2.08. The Morgan fingerprint density at radius 3 is 3.06 bits per heavy atom. The number of aryl methyl sites for hydroxylation is 1. The van der Waals surface area contributed by atoms with E-state index < -0.39 is 0 Å². The maximum Gasteiger partial charge on any atom is 0.104 e. The van der Waals surface area contributed by atoms with Crippen molar-refractivity contribution in [1.82, 2.24) is 20.2 Å². The molecule has 0 radical (unpaired) electrons. The van der Waals surface area contributed by atoms with Crippen molar-refractivity contribution < 1.29 is 0 Å². The number of benzene rings is 1. The number of nitrogens with two attached hydrogens (primary N) is 1. The van der Waals surface area contributed by atoms with E-state index in [0.717, 1.165) is 40.1 Å². The number of hydrogen-bond acceptors (Lipinski definition) is 3. The van der Waals surface area contributed by atoms with Crippen LogP contribution in [0.15, 0.2) is 24.4 Å². The molecule has 3 aromatic rings. The van der Waals surface area contributed by atoms with E-state index in [1.165, 1.54) is 0 Å². The van der Waals surface area contributed by atoms with Gasteiger partial charge in [0.2, 0.25) is 0 Å². The molecule has 5 heteroatoms. The average Bonchev–Trinajstić information content (AvgIpc) is 2.93. The largest absolute Gasteiger partial charge is 0.342 e. The maximum atomic E-state index is 5.60. The first-order valence-corrected chi connectivity index (χ1v) is 5.97. The molecule has 0 aliphatic rings. The molecule has 0 unspecified atom stereocenters. The van der Waals surface area contributed by atoms with Crippen LogP contribution >= 0.6 is 0 Å². The van der Waals surface area contributed by atoms with Crippen LogP contribution in [0.5, 0.6) is 0 Å². The van der Waals surface area contributed by atoms with Gasteiger partial charge in [-0.25, -0.2) is 4.98 Å². The lowest BCUT2D eigenvalue weighted by Gasteiger charge is -2.02. The molecule has 2 aromatic heterocycles. The zero-order chi connectivity index (χ0) is 12.5. The predicted octanol–water partition coefficient (Wildman–Crippen LogP) is 1.76. The van der Waals surface area contributed by atoms with Crippen LogP contribution in [0.2, 0.25) is 0 Å². The van der Waals surface area contributed by atoms with E-state index in [-0.39, 0.29) is 0 Å². The van der Waals surface area contributed by atoms with Gasteiger partial charge in [0.15, 0.2) is 0 Å². The third-order valence-electron chi connectivity index (χ3n) is 3.02. The van der Waals surface area contributed by atoms with Gasteiger partial charge in [0, 0.05) is 5.56 Å². The molecule has 3 rings (SSSR count). The topological polar surface area (TPSA) is 83.4 Å². The lowest BCUT2D eigenvalue weighted by molar-refractivity contribution is 0.972. The van der Waals surface area contributed by atoms with E-state index in [1.54, 1.807) is 0 Å². The van der Waals surface area contributed by atoms with Gasteiger partial charge in [0.05, 0.1) is 22.9 Å². The number of H-pyrrole nitrogens is 2. The molecule has 0 aliphatic heterocycles. The molecule has 0 spiro atoms. The van der Waals surface area contributed by atoms with Gasteiger partial charge in [-0.3, -0.25) is 5.10 Å². The number of hydrogen-bond donors (Lipinski definition) is 3. The van der Waals surface area contributed by atoms with E-state index in [0.29, 0.717) is 6.54 Å². The maximum absolute atomic E-state index is 5.60. The number of fused-ring (bicyclic) bond motifs is 1. The standard InChI is InChI=1S/C13H15N5/c1-8-16-11-3-2-9(6-12(11)17-8)13-10(4-5-14)7-15-18-13/h2-3,6-7H,4-5,14H2,1H3,(H,15,18)(H,16,17). The van der Waals surface area contributed by atoms with Crippen molar-refractivity contribution in [1.29, 1.82) is 0 Å². The number of nitrogens with zero attached hydrogens (tertiary/aromatic N) is 2. The zero-order valence-corrected chi connectivity index (χ0v) is 10.2. The minimum Gasteiger partial charge on any atom is -0.342 e. The number of aromatic nitrogens is 4. The average molecular weight is 241 g/mol. The molecule has 2 heterocycles. The molecule has 0 aliphatic carbocycles. The van der Waals surface area contributed by atoms with Crippen molar-refractivity contribution in [3.8, 4) is 11.3 Å². The molecular weight excluding hydrogens is 226 g/mol. The first-order chi connectivity index (χ1) is 8.78. The number of rotatable bonds is 3. The van der Waals surface area contributed by atoms with E-state index in [4.69, 9.17) is 5.73 Å². The summed E-state index contributed by atoms with van der Waals surface area (Å²) in [6.07, 6.45) is 2.66. The number of aromatic amines is 2. The van der Waals surface area contributed by atoms with E-state index in [9.17, 15) is 0 Å². The molecule has 1 aromatic carbocycles. The van der Waals surface area contributed by atoms with Crippen molar-refractivity contribution >= 4 is 11.0 Å². The zero-order valence-electron chi connectivity index (χ0n) is 10.2. The van der Waals surface area contributed by atoms with Gasteiger partial charge in [-0.15, -0.1) is 0 Å². The van der Waals surface area contributed by atoms with Crippen LogP contribution in [-0.2, 0) is 6.42 Å². The van der Waals surface area contributed by atoms with Crippen molar-refractivity contribution in [2.75, 3.05) is 6.54 Å². The van der Waals surface area contributed by atoms with Gasteiger partial charge >= 0.3 is 0 Å². The highest BCUT2D eigenvalue weighted by atomic mass is 15.1. The lowest BCUT2D eigenvalue weighted by Crippen LogP contribution is -2.02. The van der Waals surface area contributed by atoms with Crippen LogP contribution in [0.3, 0.4) is 0 Å². The van der Waals surface area contributed by atoms with E-state index >= 15 is 0 Å². The summed E-state index contributed by atoms with van der Waals surface area (Å²) in [6, 6.07) is 6.15. The molecule has 5 nitrogen and oxygen atoms in total. The van der Waals surface area contributed by atoms with Crippen molar-refractivity contribution in [3.63, 3.8) is 0 Å². The highest BCUT2D eigenvalue weighted by molar-refractivity contribution is 5.81. The summed E-state index contributed by atoms with van der Waals surface area (Å²) in [5, 5.41) is 7.13. The SMILES string of the molecule is Cc1nc2ccc(-c3[nH]ncc3CCN)cc2[nH]1. The molecule has 0 atom stereocenters. The Morgan fingerprint density at radius 1 is 1.33 bits per heavy atom. The van der Waals surface area contributed by atoms with Crippen LogP contribution in [0.1, 0.15) is 11.4 Å². The first-order valence-electron chi connectivity index (χ1n) is 5.97. The summed E-state index contributed by atoms with van der Waals surface area (Å²) >= 11 is 0. The second-order valence-electron chi connectivity index (χ2n) is 4.36. The Kier molecular flexibility index (Phi) is 2.60. The van der Waals surface area contributed by atoms with Gasteiger partial charge in [-0.2, -0.15) is 5.10 Å². The quantitative estimate of drug-likeness (QED) is 0.653. The molecule has 0 bridgehead atoms. The summed E-state index contributed by atoms with van der Waals surface area (Å²) in [5.41, 5.74) is 10.9. The summed E-state index contributed by atoms with van der Waals surface area (Å²) in [4.78, 5) is 7.64. The third-order valence-corrected chi connectivity index (χ3v) is 3.02. The smallest absolute Gasteiger partial charge is 0.104 e. The molecule has 0 fully saturated rings. The second kappa shape index (κ2) is 4.27. The molecule has 92 valence electrons. The van der Waals surface area contributed by atoms with Crippen molar-refractivity contribution in [3.05, 3.63) is 35.8 Å². The minimum absolute atomic E-state index is 0.623. The second-order valence-corrected chi connectivity index (χ2v) is 4.36. The van der Waals surface area contributed by atoms with Gasteiger partial charge in [0.25, 0.3) is 0 Å². The third kappa shape index (κ3) is 1.78. The first kappa shape index (κ1) is 11.0. The van der Waals surface area contributed by atoms with Crippen LogP contribution in [0.4, 0.5) is 0 Å². The fourth-order valence-electron chi connectivity index (χ4n) is 2.20. The highest BCUT2D eigenvalue weighted by Crippen LogP contribution is 2.24. The molecule has 4 N–H and O–H groups in total. The Morgan fingerprint density at radius 2 is 2.22 bits per heavy atom. The van der Waals surface area contributed by atoms with Gasteiger partial charge in [-0.05, 0) is 37.6 Å². The van der Waals surface area contributed by atoms with Gasteiger partial charge in [-0.1, -0.05) is 6.07 Å². The monoisotopic (exact) mass is 241 g/mol. The Balaban J connectivity index is 2.10. The molecule has 0 amide bonds. The molecular formula is C13H15N5. The van der Waals surface area contributed by atoms with E-state index in [1.807, 2.05) is 19.2 Å². The summed E-state index contributed by atoms with van der Waals surface area (Å²) in [6.45, 7) is 2.58. The van der Waals surface area contributed by atoms with Gasteiger partial charge < -0.3 is 10.7 Å².